The van der Waals surface area contributed by atoms with Crippen molar-refractivity contribution in [2.45, 2.75) is 39.3 Å². The lowest BCUT2D eigenvalue weighted by molar-refractivity contribution is 0.239. The fraction of sp³-hybridized carbons (Fsp3) is 0.444. The minimum Gasteiger partial charge on any atom is -0.503 e. The second-order valence-electron chi connectivity index (χ2n) is 6.62. The first-order valence-corrected chi connectivity index (χ1v) is 8.66. The molecule has 1 aliphatic heterocycles. The standard InChI is InChI=1S/C18H22ClN3O3/c1-10(2)17-20-14-9-22(5-4-12(14)18(24)21-17)8-11-6-13(19)16(23)15(7-11)25-3/h6-7,10,23H,4-5,8-9H2,1-3H3,(H,20,21,24). The number of hydrogen-bond acceptors (Lipinski definition) is 5. The molecule has 3 rings (SSSR count). The number of ether oxygens (including phenoxy) is 1. The van der Waals surface area contributed by atoms with Crippen LogP contribution in [-0.4, -0.2) is 33.6 Å². The maximum Gasteiger partial charge on any atom is 0.254 e. The number of halogens is 1. The summed E-state index contributed by atoms with van der Waals surface area (Å²) in [5.74, 6) is 1.21. The average molecular weight is 364 g/mol. The van der Waals surface area contributed by atoms with Gasteiger partial charge in [0.15, 0.2) is 11.5 Å². The molecule has 7 heteroatoms. The lowest BCUT2D eigenvalue weighted by atomic mass is 10.0. The molecule has 0 saturated carbocycles. The number of methoxy groups -OCH3 is 1. The number of aromatic nitrogens is 2. The van der Waals surface area contributed by atoms with Crippen LogP contribution in [0.4, 0.5) is 0 Å². The van der Waals surface area contributed by atoms with Crippen LogP contribution >= 0.6 is 11.6 Å². The molecule has 1 aliphatic rings. The number of fused-ring (bicyclic) bond motifs is 1. The molecule has 0 spiro atoms. The predicted molar refractivity (Wildman–Crippen MR) is 96.4 cm³/mol. The van der Waals surface area contributed by atoms with Crippen LogP contribution in [0, 0.1) is 0 Å². The van der Waals surface area contributed by atoms with Gasteiger partial charge in [-0.25, -0.2) is 4.98 Å². The van der Waals surface area contributed by atoms with Crippen molar-refractivity contribution < 1.29 is 9.84 Å². The fourth-order valence-corrected chi connectivity index (χ4v) is 3.29. The molecule has 2 N–H and O–H groups in total. The highest BCUT2D eigenvalue weighted by Gasteiger charge is 2.22. The van der Waals surface area contributed by atoms with Gasteiger partial charge in [0, 0.05) is 31.1 Å². The fourth-order valence-electron chi connectivity index (χ4n) is 3.05. The monoisotopic (exact) mass is 363 g/mol. The molecule has 0 bridgehead atoms. The Balaban J connectivity index is 1.84. The van der Waals surface area contributed by atoms with Crippen molar-refractivity contribution in [3.8, 4) is 11.5 Å². The van der Waals surface area contributed by atoms with Gasteiger partial charge in [-0.1, -0.05) is 25.4 Å². The van der Waals surface area contributed by atoms with E-state index in [-0.39, 0.29) is 22.2 Å². The summed E-state index contributed by atoms with van der Waals surface area (Å²) < 4.78 is 5.16. The number of hydrogen-bond donors (Lipinski definition) is 2. The Kier molecular flexibility index (Phi) is 5.01. The summed E-state index contributed by atoms with van der Waals surface area (Å²) in [4.78, 5) is 22.0. The maximum atomic E-state index is 12.2. The third-order valence-corrected chi connectivity index (χ3v) is 4.72. The van der Waals surface area contributed by atoms with Crippen molar-refractivity contribution >= 4 is 11.6 Å². The molecule has 0 unspecified atom stereocenters. The van der Waals surface area contributed by atoms with E-state index in [9.17, 15) is 9.90 Å². The number of rotatable bonds is 4. The molecule has 0 fully saturated rings. The van der Waals surface area contributed by atoms with Crippen LogP contribution < -0.4 is 10.3 Å². The Morgan fingerprint density at radius 1 is 1.44 bits per heavy atom. The molecular formula is C18H22ClN3O3. The Morgan fingerprint density at radius 3 is 2.88 bits per heavy atom. The summed E-state index contributed by atoms with van der Waals surface area (Å²) in [5, 5.41) is 10.1. The third-order valence-electron chi connectivity index (χ3n) is 4.43. The molecule has 0 radical (unpaired) electrons. The van der Waals surface area contributed by atoms with E-state index in [1.165, 1.54) is 7.11 Å². The van der Waals surface area contributed by atoms with Crippen molar-refractivity contribution in [1.82, 2.24) is 14.9 Å². The highest BCUT2D eigenvalue weighted by Crippen LogP contribution is 2.35. The molecule has 2 heterocycles. The van der Waals surface area contributed by atoms with Gasteiger partial charge in [0.05, 0.1) is 17.8 Å². The Morgan fingerprint density at radius 2 is 2.20 bits per heavy atom. The number of benzene rings is 1. The first kappa shape index (κ1) is 17.8. The maximum absolute atomic E-state index is 12.2. The molecule has 1 aromatic carbocycles. The molecule has 6 nitrogen and oxygen atoms in total. The van der Waals surface area contributed by atoms with E-state index in [2.05, 4.69) is 14.9 Å². The predicted octanol–water partition coefficient (Wildman–Crippen LogP) is 2.82. The molecule has 0 amide bonds. The zero-order chi connectivity index (χ0) is 18.1. The highest BCUT2D eigenvalue weighted by atomic mass is 35.5. The molecule has 0 atom stereocenters. The SMILES string of the molecule is COc1cc(CN2CCc3c(nc(C(C)C)[nH]c3=O)C2)cc(Cl)c1O. The molecule has 25 heavy (non-hydrogen) atoms. The van der Waals surface area contributed by atoms with Crippen molar-refractivity contribution in [3.63, 3.8) is 0 Å². The Hall–Kier alpha value is -2.05. The minimum atomic E-state index is -0.0494. The molecular weight excluding hydrogens is 342 g/mol. The van der Waals surface area contributed by atoms with Gasteiger partial charge in [-0.05, 0) is 24.1 Å². The Bertz CT molecular complexity index is 848. The first-order valence-electron chi connectivity index (χ1n) is 8.28. The number of aromatic hydroxyl groups is 1. The van der Waals surface area contributed by atoms with E-state index in [1.54, 1.807) is 12.1 Å². The van der Waals surface area contributed by atoms with Gasteiger partial charge in [-0.15, -0.1) is 0 Å². The molecule has 0 aliphatic carbocycles. The average Bonchev–Trinajstić information content (AvgIpc) is 2.57. The summed E-state index contributed by atoms with van der Waals surface area (Å²) in [6, 6.07) is 3.52. The molecule has 2 aromatic rings. The van der Waals surface area contributed by atoms with E-state index in [4.69, 9.17) is 16.3 Å². The molecule has 0 saturated heterocycles. The van der Waals surface area contributed by atoms with Gasteiger partial charge in [-0.3, -0.25) is 9.69 Å². The van der Waals surface area contributed by atoms with Gasteiger partial charge in [0.1, 0.15) is 5.82 Å². The van der Waals surface area contributed by atoms with Crippen molar-refractivity contribution in [1.29, 1.82) is 0 Å². The number of nitrogens with one attached hydrogen (secondary N) is 1. The zero-order valence-corrected chi connectivity index (χ0v) is 15.4. The summed E-state index contributed by atoms with van der Waals surface area (Å²) in [6.07, 6.45) is 0.666. The number of nitrogens with zero attached hydrogens (tertiary/aromatic N) is 2. The van der Waals surface area contributed by atoms with E-state index >= 15 is 0 Å². The second kappa shape index (κ2) is 7.06. The number of phenolic OH excluding ortho intramolecular Hbond substituents is 1. The van der Waals surface area contributed by atoms with Crippen LogP contribution in [0.1, 0.15) is 42.4 Å². The van der Waals surface area contributed by atoms with Gasteiger partial charge >= 0.3 is 0 Å². The van der Waals surface area contributed by atoms with Crippen molar-refractivity contribution in [3.05, 3.63) is 50.2 Å². The van der Waals surface area contributed by atoms with Crippen LogP contribution in [0.25, 0.3) is 0 Å². The zero-order valence-electron chi connectivity index (χ0n) is 14.6. The van der Waals surface area contributed by atoms with Crippen molar-refractivity contribution in [2.24, 2.45) is 0 Å². The summed E-state index contributed by atoms with van der Waals surface area (Å²) in [5.41, 5.74) is 2.54. The number of phenols is 1. The van der Waals surface area contributed by atoms with Gasteiger partial charge in [-0.2, -0.15) is 0 Å². The lowest BCUT2D eigenvalue weighted by Crippen LogP contribution is -2.35. The van der Waals surface area contributed by atoms with E-state index in [0.717, 1.165) is 29.2 Å². The molecule has 1 aromatic heterocycles. The highest BCUT2D eigenvalue weighted by molar-refractivity contribution is 6.32. The van der Waals surface area contributed by atoms with Crippen LogP contribution in [0.3, 0.4) is 0 Å². The van der Waals surface area contributed by atoms with Crippen LogP contribution in [0.15, 0.2) is 16.9 Å². The number of aromatic amines is 1. The van der Waals surface area contributed by atoms with Gasteiger partial charge < -0.3 is 14.8 Å². The molecule has 134 valence electrons. The summed E-state index contributed by atoms with van der Waals surface area (Å²) in [7, 11) is 1.50. The van der Waals surface area contributed by atoms with Gasteiger partial charge in [0.2, 0.25) is 0 Å². The first-order chi connectivity index (χ1) is 11.9. The summed E-state index contributed by atoms with van der Waals surface area (Å²) >= 11 is 6.07. The van der Waals surface area contributed by atoms with Crippen LogP contribution in [0.5, 0.6) is 11.5 Å². The second-order valence-corrected chi connectivity index (χ2v) is 7.03. The third kappa shape index (κ3) is 3.65. The van der Waals surface area contributed by atoms with E-state index in [1.807, 2.05) is 13.8 Å². The number of H-pyrrole nitrogens is 1. The summed E-state index contributed by atoms with van der Waals surface area (Å²) in [6.45, 7) is 6.03. The van der Waals surface area contributed by atoms with E-state index in [0.29, 0.717) is 25.3 Å². The normalized spacial score (nSPS) is 14.6. The van der Waals surface area contributed by atoms with Crippen molar-refractivity contribution in [2.75, 3.05) is 13.7 Å². The van der Waals surface area contributed by atoms with Crippen LogP contribution in [-0.2, 0) is 19.5 Å². The minimum absolute atomic E-state index is 0.0253. The smallest absolute Gasteiger partial charge is 0.254 e. The Labute approximate surface area is 151 Å². The topological polar surface area (TPSA) is 78.5 Å². The van der Waals surface area contributed by atoms with Crippen LogP contribution in [0.2, 0.25) is 5.02 Å². The lowest BCUT2D eigenvalue weighted by Gasteiger charge is -2.28. The quantitative estimate of drug-likeness (QED) is 0.873. The van der Waals surface area contributed by atoms with E-state index < -0.39 is 0 Å². The van der Waals surface area contributed by atoms with Gasteiger partial charge in [0.25, 0.3) is 5.56 Å². The largest absolute Gasteiger partial charge is 0.503 e.